The van der Waals surface area contributed by atoms with Crippen LogP contribution in [0, 0.1) is 0 Å². The highest BCUT2D eigenvalue weighted by atomic mass is 16.5. The third kappa shape index (κ3) is 6.88. The molecule has 1 aliphatic heterocycles. The lowest BCUT2D eigenvalue weighted by Crippen LogP contribution is -2.38. The van der Waals surface area contributed by atoms with Crippen molar-refractivity contribution in [3.05, 3.63) is 0 Å². The molecule has 1 aliphatic rings. The molecule has 0 aromatic rings. The van der Waals surface area contributed by atoms with Crippen LogP contribution in [0.3, 0.4) is 0 Å². The second-order valence-corrected chi connectivity index (χ2v) is 3.21. The largest absolute Gasteiger partial charge is 0.389 e. The summed E-state index contributed by atoms with van der Waals surface area (Å²) in [7, 11) is 3.68. The molecule has 15 heavy (non-hydrogen) atoms. The third-order valence-corrected chi connectivity index (χ3v) is 2.36. The molecule has 94 valence electrons. The number of rotatable bonds is 3. The van der Waals surface area contributed by atoms with E-state index in [1.165, 1.54) is 6.42 Å². The number of hydrogen-bond acceptors (Lipinski definition) is 3. The lowest BCUT2D eigenvalue weighted by Gasteiger charge is -2.24. The molecule has 3 nitrogen and oxygen atoms in total. The molecule has 0 aliphatic carbocycles. The normalized spacial score (nSPS) is 22.2. The van der Waals surface area contributed by atoms with Crippen molar-refractivity contribution in [2.45, 2.75) is 52.7 Å². The lowest BCUT2D eigenvalue weighted by atomic mass is 10.1. The predicted molar refractivity (Wildman–Crippen MR) is 66.2 cm³/mol. The van der Waals surface area contributed by atoms with E-state index in [4.69, 9.17) is 4.74 Å². The first-order chi connectivity index (χ1) is 7.25. The summed E-state index contributed by atoms with van der Waals surface area (Å²) >= 11 is 0. The predicted octanol–water partition coefficient (Wildman–Crippen LogP) is 2.14. The van der Waals surface area contributed by atoms with Crippen molar-refractivity contribution >= 4 is 0 Å². The van der Waals surface area contributed by atoms with Crippen molar-refractivity contribution in [2.24, 2.45) is 0 Å². The molecule has 3 heteroatoms. The van der Waals surface area contributed by atoms with Gasteiger partial charge in [-0.25, -0.2) is 0 Å². The van der Waals surface area contributed by atoms with Crippen LogP contribution in [0.2, 0.25) is 0 Å². The van der Waals surface area contributed by atoms with Crippen LogP contribution in [-0.2, 0) is 4.74 Å². The molecule has 0 radical (unpaired) electrons. The standard InChI is InChI=1S/C8H17NO2.2C2H6/c1-9-5-3-4-7(9)8(10)6-11-2;2*1-2/h7-8,10H,3-6H2,1-2H3;2*1-2H3. The lowest BCUT2D eigenvalue weighted by molar-refractivity contribution is 0.0168. The van der Waals surface area contributed by atoms with E-state index in [-0.39, 0.29) is 6.10 Å². The summed E-state index contributed by atoms with van der Waals surface area (Å²) in [5.41, 5.74) is 0. The van der Waals surface area contributed by atoms with Crippen LogP contribution in [0.15, 0.2) is 0 Å². The number of aliphatic hydroxyl groups excluding tert-OH is 1. The van der Waals surface area contributed by atoms with Gasteiger partial charge in [0.05, 0.1) is 12.7 Å². The van der Waals surface area contributed by atoms with Gasteiger partial charge in [-0.3, -0.25) is 0 Å². The number of aliphatic hydroxyl groups is 1. The number of nitrogens with zero attached hydrogens (tertiary/aromatic N) is 1. The summed E-state index contributed by atoms with van der Waals surface area (Å²) in [6.07, 6.45) is 1.98. The molecule has 0 aromatic carbocycles. The highest BCUT2D eigenvalue weighted by Gasteiger charge is 2.27. The van der Waals surface area contributed by atoms with Gasteiger partial charge in [-0.15, -0.1) is 0 Å². The minimum Gasteiger partial charge on any atom is -0.389 e. The molecule has 0 spiro atoms. The van der Waals surface area contributed by atoms with Gasteiger partial charge in [-0.2, -0.15) is 0 Å². The van der Waals surface area contributed by atoms with Gasteiger partial charge in [-0.05, 0) is 26.4 Å². The Kier molecular flexibility index (Phi) is 13.8. The van der Waals surface area contributed by atoms with Crippen molar-refractivity contribution in [3.8, 4) is 0 Å². The molecule has 1 fully saturated rings. The molecule has 0 bridgehead atoms. The van der Waals surface area contributed by atoms with Gasteiger partial charge in [-0.1, -0.05) is 27.7 Å². The summed E-state index contributed by atoms with van der Waals surface area (Å²) in [4.78, 5) is 2.20. The van der Waals surface area contributed by atoms with Crippen LogP contribution < -0.4 is 0 Å². The molecular weight excluding hydrogens is 190 g/mol. The van der Waals surface area contributed by atoms with Crippen molar-refractivity contribution in [1.29, 1.82) is 0 Å². The summed E-state index contributed by atoms with van der Waals surface area (Å²) < 4.78 is 4.89. The Bertz CT molecular complexity index is 120. The molecule has 1 rings (SSSR count). The smallest absolute Gasteiger partial charge is 0.0928 e. The van der Waals surface area contributed by atoms with E-state index in [1.807, 2.05) is 27.7 Å². The topological polar surface area (TPSA) is 32.7 Å². The minimum atomic E-state index is -0.313. The Labute approximate surface area is 95.4 Å². The summed E-state index contributed by atoms with van der Waals surface area (Å²) in [6, 6.07) is 0.315. The van der Waals surface area contributed by atoms with Crippen LogP contribution in [-0.4, -0.2) is 49.5 Å². The first kappa shape index (κ1) is 17.3. The molecule has 0 aromatic heterocycles. The molecule has 1 heterocycles. The molecule has 0 saturated carbocycles. The number of likely N-dealkylation sites (N-methyl/N-ethyl adjacent to an activating group) is 1. The van der Waals surface area contributed by atoms with E-state index < -0.39 is 0 Å². The number of likely N-dealkylation sites (tertiary alicyclic amines) is 1. The van der Waals surface area contributed by atoms with Gasteiger partial charge >= 0.3 is 0 Å². The first-order valence-electron chi connectivity index (χ1n) is 6.13. The maximum atomic E-state index is 9.55. The SMILES string of the molecule is CC.CC.COCC(O)C1CCCN1C. The Balaban J connectivity index is 0. The third-order valence-electron chi connectivity index (χ3n) is 2.36. The van der Waals surface area contributed by atoms with E-state index in [9.17, 15) is 5.11 Å². The second kappa shape index (κ2) is 12.0. The monoisotopic (exact) mass is 219 g/mol. The average molecular weight is 219 g/mol. The van der Waals surface area contributed by atoms with Crippen LogP contribution in [0.25, 0.3) is 0 Å². The van der Waals surface area contributed by atoms with Gasteiger partial charge in [0.2, 0.25) is 0 Å². The fourth-order valence-corrected chi connectivity index (χ4v) is 1.70. The summed E-state index contributed by atoms with van der Waals surface area (Å²) in [6.45, 7) is 9.56. The fraction of sp³-hybridized carbons (Fsp3) is 1.00. The van der Waals surface area contributed by atoms with E-state index in [0.717, 1.165) is 13.0 Å². The average Bonchev–Trinajstić information content (AvgIpc) is 2.71. The number of ether oxygens (including phenoxy) is 1. The second-order valence-electron chi connectivity index (χ2n) is 3.21. The molecule has 1 N–H and O–H groups in total. The Morgan fingerprint density at radius 2 is 1.87 bits per heavy atom. The van der Waals surface area contributed by atoms with Crippen molar-refractivity contribution in [2.75, 3.05) is 27.3 Å². The minimum absolute atomic E-state index is 0.313. The molecular formula is C12H29NO2. The molecule has 2 unspecified atom stereocenters. The van der Waals surface area contributed by atoms with Crippen LogP contribution >= 0.6 is 0 Å². The molecule has 1 saturated heterocycles. The van der Waals surface area contributed by atoms with E-state index in [0.29, 0.717) is 12.6 Å². The quantitative estimate of drug-likeness (QED) is 0.789. The van der Waals surface area contributed by atoms with Gasteiger partial charge in [0.15, 0.2) is 0 Å². The van der Waals surface area contributed by atoms with E-state index in [2.05, 4.69) is 11.9 Å². The van der Waals surface area contributed by atoms with Crippen molar-refractivity contribution in [3.63, 3.8) is 0 Å². The summed E-state index contributed by atoms with van der Waals surface area (Å²) in [5, 5.41) is 9.55. The van der Waals surface area contributed by atoms with E-state index in [1.54, 1.807) is 7.11 Å². The van der Waals surface area contributed by atoms with Crippen LogP contribution in [0.4, 0.5) is 0 Å². The van der Waals surface area contributed by atoms with Gasteiger partial charge in [0.25, 0.3) is 0 Å². The molecule has 0 amide bonds. The highest BCUT2D eigenvalue weighted by molar-refractivity contribution is 4.82. The highest BCUT2D eigenvalue weighted by Crippen LogP contribution is 2.17. The number of methoxy groups -OCH3 is 1. The van der Waals surface area contributed by atoms with Gasteiger partial charge in [0.1, 0.15) is 0 Å². The first-order valence-corrected chi connectivity index (χ1v) is 6.13. The van der Waals surface area contributed by atoms with E-state index >= 15 is 0 Å². The maximum Gasteiger partial charge on any atom is 0.0928 e. The number of hydrogen-bond donors (Lipinski definition) is 1. The Hall–Kier alpha value is -0.120. The van der Waals surface area contributed by atoms with Gasteiger partial charge in [0, 0.05) is 13.2 Å². The van der Waals surface area contributed by atoms with Crippen LogP contribution in [0.5, 0.6) is 0 Å². The zero-order valence-electron chi connectivity index (χ0n) is 11.3. The van der Waals surface area contributed by atoms with Gasteiger partial charge < -0.3 is 14.7 Å². The van der Waals surface area contributed by atoms with Crippen molar-refractivity contribution in [1.82, 2.24) is 4.90 Å². The zero-order chi connectivity index (χ0) is 12.3. The van der Waals surface area contributed by atoms with Crippen LogP contribution in [0.1, 0.15) is 40.5 Å². The Morgan fingerprint density at radius 1 is 1.33 bits per heavy atom. The summed E-state index contributed by atoms with van der Waals surface area (Å²) in [5.74, 6) is 0. The Morgan fingerprint density at radius 3 is 2.20 bits per heavy atom. The zero-order valence-corrected chi connectivity index (χ0v) is 11.3. The fourth-order valence-electron chi connectivity index (χ4n) is 1.70. The maximum absolute atomic E-state index is 9.55. The molecule has 2 atom stereocenters. The van der Waals surface area contributed by atoms with Crippen molar-refractivity contribution < 1.29 is 9.84 Å².